The smallest absolute Gasteiger partial charge is 0.243 e. The average Bonchev–Trinajstić information content (AvgIpc) is 2.78. The van der Waals surface area contributed by atoms with Crippen LogP contribution in [0.2, 0.25) is 0 Å². The van der Waals surface area contributed by atoms with Crippen LogP contribution in [0.3, 0.4) is 0 Å². The molecule has 3 N–H and O–H groups in total. The number of benzene rings is 2. The second-order valence-corrected chi connectivity index (χ2v) is 8.00. The van der Waals surface area contributed by atoms with Gasteiger partial charge in [0.15, 0.2) is 0 Å². The normalized spacial score (nSPS) is 15.8. The fourth-order valence-corrected chi connectivity index (χ4v) is 3.90. The molecule has 0 aliphatic carbocycles. The summed E-state index contributed by atoms with van der Waals surface area (Å²) in [7, 11) is 1.55. The fourth-order valence-electron chi connectivity index (χ4n) is 3.90. The largest absolute Gasteiger partial charge is 0.495 e. The van der Waals surface area contributed by atoms with E-state index in [-0.39, 0.29) is 30.8 Å². The van der Waals surface area contributed by atoms with E-state index >= 15 is 0 Å². The van der Waals surface area contributed by atoms with Crippen LogP contribution in [-0.2, 0) is 9.59 Å². The molecule has 0 saturated carbocycles. The number of aliphatic hydroxyl groups is 1. The van der Waals surface area contributed by atoms with E-state index in [0.29, 0.717) is 11.4 Å². The summed E-state index contributed by atoms with van der Waals surface area (Å²) in [5.74, 6) is 0.276. The zero-order chi connectivity index (χ0) is 22.2. The Morgan fingerprint density at radius 3 is 2.52 bits per heavy atom. The van der Waals surface area contributed by atoms with Crippen molar-refractivity contribution in [3.05, 3.63) is 59.7 Å². The van der Waals surface area contributed by atoms with Gasteiger partial charge in [0.05, 0.1) is 32.0 Å². The third-order valence-electron chi connectivity index (χ3n) is 5.66. The number of rotatable bonds is 8. The highest BCUT2D eigenvalue weighted by Gasteiger charge is 2.27. The van der Waals surface area contributed by atoms with Crippen LogP contribution in [0.4, 0.5) is 5.69 Å². The number of methoxy groups -OCH3 is 1. The first-order valence-electron chi connectivity index (χ1n) is 10.6. The highest BCUT2D eigenvalue weighted by Crippen LogP contribution is 2.30. The second-order valence-electron chi connectivity index (χ2n) is 8.00. The number of amides is 2. The third kappa shape index (κ3) is 6.54. The minimum Gasteiger partial charge on any atom is -0.495 e. The molecular formula is C24H31N3O4. The van der Waals surface area contributed by atoms with E-state index in [1.54, 1.807) is 13.2 Å². The summed E-state index contributed by atoms with van der Waals surface area (Å²) >= 11 is 0. The predicted molar refractivity (Wildman–Crippen MR) is 120 cm³/mol. The second kappa shape index (κ2) is 10.9. The number of piperidine rings is 1. The minimum absolute atomic E-state index is 0.0981. The van der Waals surface area contributed by atoms with Crippen molar-refractivity contribution in [2.24, 2.45) is 5.92 Å². The summed E-state index contributed by atoms with van der Waals surface area (Å²) in [6, 6.07) is 15.2. The van der Waals surface area contributed by atoms with Gasteiger partial charge < -0.3 is 20.5 Å². The molecule has 2 amide bonds. The van der Waals surface area contributed by atoms with Crippen LogP contribution in [0.5, 0.6) is 5.75 Å². The number of carbonyl (C=O) groups is 2. The molecule has 2 aromatic rings. The van der Waals surface area contributed by atoms with Gasteiger partial charge in [0.2, 0.25) is 11.8 Å². The summed E-state index contributed by atoms with van der Waals surface area (Å²) in [5, 5.41) is 16.0. The molecule has 1 atom stereocenters. The van der Waals surface area contributed by atoms with Crippen molar-refractivity contribution in [2.45, 2.75) is 25.9 Å². The maximum absolute atomic E-state index is 12.3. The lowest BCUT2D eigenvalue weighted by Gasteiger charge is -2.33. The lowest BCUT2D eigenvalue weighted by molar-refractivity contribution is -0.125. The van der Waals surface area contributed by atoms with Gasteiger partial charge in [0.25, 0.3) is 0 Å². The van der Waals surface area contributed by atoms with Crippen LogP contribution in [0.1, 0.15) is 30.1 Å². The molecule has 1 unspecified atom stereocenters. The number of ether oxygens (including phenoxy) is 1. The van der Waals surface area contributed by atoms with Crippen LogP contribution in [-0.4, -0.2) is 55.1 Å². The lowest BCUT2D eigenvalue weighted by Crippen LogP contribution is -2.44. The molecule has 1 aliphatic heterocycles. The van der Waals surface area contributed by atoms with E-state index < -0.39 is 6.10 Å². The standard InChI is InChI=1S/C24H31N3O4/c1-17-8-9-21(31-2)20(14-17)26-22(28)15-25-23(29)16-27-12-10-19(11-13-27)24(30)18-6-4-3-5-7-18/h3-9,14,19,24,30H,10-13,15-16H2,1-2H3,(H,25,29)(H,26,28). The van der Waals surface area contributed by atoms with Crippen molar-refractivity contribution in [2.75, 3.05) is 38.6 Å². The van der Waals surface area contributed by atoms with Crippen LogP contribution in [0.25, 0.3) is 0 Å². The molecule has 7 nitrogen and oxygen atoms in total. The Morgan fingerprint density at radius 1 is 1.13 bits per heavy atom. The molecule has 166 valence electrons. The summed E-state index contributed by atoms with van der Waals surface area (Å²) in [6.45, 7) is 3.57. The quantitative estimate of drug-likeness (QED) is 0.605. The number of carbonyl (C=O) groups excluding carboxylic acids is 2. The Labute approximate surface area is 183 Å². The van der Waals surface area contributed by atoms with E-state index in [4.69, 9.17) is 4.74 Å². The Kier molecular flexibility index (Phi) is 8.03. The minimum atomic E-state index is -0.473. The molecule has 31 heavy (non-hydrogen) atoms. The molecule has 3 rings (SSSR count). The number of likely N-dealkylation sites (tertiary alicyclic amines) is 1. The molecule has 2 aromatic carbocycles. The van der Waals surface area contributed by atoms with Gasteiger partial charge in [-0.25, -0.2) is 0 Å². The molecule has 1 aliphatic rings. The van der Waals surface area contributed by atoms with Gasteiger partial charge in [-0.15, -0.1) is 0 Å². The van der Waals surface area contributed by atoms with Crippen LogP contribution in [0, 0.1) is 12.8 Å². The van der Waals surface area contributed by atoms with Crippen molar-refractivity contribution in [1.29, 1.82) is 0 Å². The SMILES string of the molecule is COc1ccc(C)cc1NC(=O)CNC(=O)CN1CCC(C(O)c2ccccc2)CC1. The number of aliphatic hydroxyl groups excluding tert-OH is 1. The monoisotopic (exact) mass is 425 g/mol. The number of nitrogens with one attached hydrogen (secondary N) is 2. The zero-order valence-corrected chi connectivity index (χ0v) is 18.1. The maximum atomic E-state index is 12.3. The first-order chi connectivity index (χ1) is 15.0. The highest BCUT2D eigenvalue weighted by molar-refractivity contribution is 5.96. The van der Waals surface area contributed by atoms with E-state index in [2.05, 4.69) is 15.5 Å². The van der Waals surface area contributed by atoms with Gasteiger partial charge in [-0.2, -0.15) is 0 Å². The van der Waals surface area contributed by atoms with Gasteiger partial charge in [-0.05, 0) is 62.0 Å². The van der Waals surface area contributed by atoms with Crippen molar-refractivity contribution < 1.29 is 19.4 Å². The number of hydrogen-bond acceptors (Lipinski definition) is 5. The van der Waals surface area contributed by atoms with Crippen LogP contribution < -0.4 is 15.4 Å². The Morgan fingerprint density at radius 2 is 1.84 bits per heavy atom. The summed E-state index contributed by atoms with van der Waals surface area (Å²) < 4.78 is 5.25. The van der Waals surface area contributed by atoms with Crippen LogP contribution in [0.15, 0.2) is 48.5 Å². The molecule has 0 spiro atoms. The van der Waals surface area contributed by atoms with Crippen molar-refractivity contribution in [3.8, 4) is 5.75 Å². The van der Waals surface area contributed by atoms with Gasteiger partial charge >= 0.3 is 0 Å². The van der Waals surface area contributed by atoms with Gasteiger partial charge in [0.1, 0.15) is 5.75 Å². The average molecular weight is 426 g/mol. The topological polar surface area (TPSA) is 90.9 Å². The number of anilines is 1. The molecule has 7 heteroatoms. The van der Waals surface area contributed by atoms with Crippen molar-refractivity contribution in [1.82, 2.24) is 10.2 Å². The summed E-state index contributed by atoms with van der Waals surface area (Å²) in [5.41, 5.74) is 2.52. The Hall–Kier alpha value is -2.90. The van der Waals surface area contributed by atoms with E-state index in [1.807, 2.05) is 49.4 Å². The van der Waals surface area contributed by atoms with Crippen LogP contribution >= 0.6 is 0 Å². The maximum Gasteiger partial charge on any atom is 0.243 e. The first-order valence-corrected chi connectivity index (χ1v) is 10.6. The molecule has 0 aromatic heterocycles. The molecule has 0 radical (unpaired) electrons. The number of hydrogen-bond donors (Lipinski definition) is 3. The summed E-state index contributed by atoms with van der Waals surface area (Å²) in [4.78, 5) is 26.6. The Balaban J connectivity index is 1.40. The molecule has 1 fully saturated rings. The van der Waals surface area contributed by atoms with E-state index in [0.717, 1.165) is 37.1 Å². The Bertz CT molecular complexity index is 880. The van der Waals surface area contributed by atoms with E-state index in [9.17, 15) is 14.7 Å². The lowest BCUT2D eigenvalue weighted by atomic mass is 9.87. The van der Waals surface area contributed by atoms with Gasteiger partial charge in [-0.3, -0.25) is 14.5 Å². The number of nitrogens with zero attached hydrogens (tertiary/aromatic N) is 1. The van der Waals surface area contributed by atoms with Gasteiger partial charge in [0, 0.05) is 0 Å². The zero-order valence-electron chi connectivity index (χ0n) is 18.1. The third-order valence-corrected chi connectivity index (χ3v) is 5.66. The summed E-state index contributed by atoms with van der Waals surface area (Å²) in [6.07, 6.45) is 1.19. The molecule has 0 bridgehead atoms. The molecular weight excluding hydrogens is 394 g/mol. The van der Waals surface area contributed by atoms with Crippen molar-refractivity contribution >= 4 is 17.5 Å². The first kappa shape index (κ1) is 22.8. The van der Waals surface area contributed by atoms with Gasteiger partial charge in [-0.1, -0.05) is 36.4 Å². The highest BCUT2D eigenvalue weighted by atomic mass is 16.5. The molecule has 1 saturated heterocycles. The van der Waals surface area contributed by atoms with E-state index in [1.165, 1.54) is 0 Å². The van der Waals surface area contributed by atoms with Crippen molar-refractivity contribution in [3.63, 3.8) is 0 Å². The molecule has 1 heterocycles. The number of aryl methyl sites for hydroxylation is 1. The predicted octanol–water partition coefficient (Wildman–Crippen LogP) is 2.50. The fraction of sp³-hybridized carbons (Fsp3) is 0.417.